The van der Waals surface area contributed by atoms with Crippen LogP contribution >= 0.6 is 11.3 Å². The van der Waals surface area contributed by atoms with Gasteiger partial charge in [0.1, 0.15) is 0 Å². The topological polar surface area (TPSA) is 71.0 Å². The van der Waals surface area contributed by atoms with Crippen LogP contribution in [-0.4, -0.2) is 32.1 Å². The smallest absolute Gasteiger partial charge is 0.283 e. The van der Waals surface area contributed by atoms with Crippen LogP contribution in [0.15, 0.2) is 70.3 Å². The highest BCUT2D eigenvalue weighted by Gasteiger charge is 2.24. The van der Waals surface area contributed by atoms with Crippen LogP contribution in [0.1, 0.15) is 17.7 Å². The van der Waals surface area contributed by atoms with Gasteiger partial charge in [0.05, 0.1) is 34.3 Å². The van der Waals surface area contributed by atoms with Crippen LogP contribution in [0.2, 0.25) is 0 Å². The van der Waals surface area contributed by atoms with Crippen molar-refractivity contribution in [2.45, 2.75) is 26.4 Å². The van der Waals surface area contributed by atoms with Crippen molar-refractivity contribution in [3.63, 3.8) is 0 Å². The Morgan fingerprint density at radius 1 is 1.09 bits per heavy atom. The number of pyridine rings is 1. The van der Waals surface area contributed by atoms with E-state index in [9.17, 15) is 9.59 Å². The van der Waals surface area contributed by atoms with Crippen molar-refractivity contribution >= 4 is 32.5 Å². The molecule has 0 spiro atoms. The largest absolute Gasteiger partial charge is 0.381 e. The summed E-state index contributed by atoms with van der Waals surface area (Å²) in [5, 5.41) is 1.16. The first kappa shape index (κ1) is 21.1. The molecule has 0 aliphatic carbocycles. The summed E-state index contributed by atoms with van der Waals surface area (Å²) in [5.74, 6) is 0.284. The molecule has 5 aromatic rings. The Hall–Kier alpha value is -3.49. The fraction of sp³-hybridized carbons (Fsp3) is 0.269. The molecular formula is C26H24N4O3S. The third-order valence-corrected chi connectivity index (χ3v) is 7.59. The molecular weight excluding hydrogens is 448 g/mol. The van der Waals surface area contributed by atoms with Gasteiger partial charge in [0.25, 0.3) is 11.1 Å². The highest BCUT2D eigenvalue weighted by atomic mass is 32.1. The summed E-state index contributed by atoms with van der Waals surface area (Å²) in [4.78, 5) is 31.9. The van der Waals surface area contributed by atoms with Crippen LogP contribution < -0.4 is 11.1 Å². The standard InChI is InChI=1S/C26H24N4O3S/c1-17-24-21(13-23(31)28(17)14-19-11-12-33-16-19)29(15-18-7-3-2-4-8-18)30(25(24)32)26-27-20-9-5-6-10-22(20)34-26/h2-10,13,19H,11-12,14-16H2,1H3. The minimum absolute atomic E-state index is 0.0971. The third kappa shape index (κ3) is 3.50. The Balaban J connectivity index is 1.60. The zero-order chi connectivity index (χ0) is 23.2. The summed E-state index contributed by atoms with van der Waals surface area (Å²) in [7, 11) is 0. The van der Waals surface area contributed by atoms with Gasteiger partial charge in [-0.2, -0.15) is 4.68 Å². The van der Waals surface area contributed by atoms with Crippen molar-refractivity contribution in [3.8, 4) is 5.13 Å². The maximum absolute atomic E-state index is 13.9. The average Bonchev–Trinajstić information content (AvgIpc) is 3.56. The molecule has 1 fully saturated rings. The van der Waals surface area contributed by atoms with Gasteiger partial charge in [-0.25, -0.2) is 4.98 Å². The molecule has 3 aromatic heterocycles. The molecule has 0 saturated carbocycles. The molecule has 4 heterocycles. The number of aryl methyl sites for hydroxylation is 1. The summed E-state index contributed by atoms with van der Waals surface area (Å²) < 4.78 is 11.8. The van der Waals surface area contributed by atoms with Gasteiger partial charge >= 0.3 is 0 Å². The quantitative estimate of drug-likeness (QED) is 0.388. The van der Waals surface area contributed by atoms with Crippen LogP contribution in [0.4, 0.5) is 0 Å². The number of hydrogen-bond acceptors (Lipinski definition) is 5. The molecule has 1 unspecified atom stereocenters. The summed E-state index contributed by atoms with van der Waals surface area (Å²) >= 11 is 1.47. The van der Waals surface area contributed by atoms with Gasteiger partial charge < -0.3 is 9.30 Å². The van der Waals surface area contributed by atoms with Crippen LogP contribution in [0.5, 0.6) is 0 Å². The molecule has 7 nitrogen and oxygen atoms in total. The number of aromatic nitrogens is 4. The number of nitrogens with zero attached hydrogens (tertiary/aromatic N) is 4. The van der Waals surface area contributed by atoms with Crippen LogP contribution in [0, 0.1) is 12.8 Å². The van der Waals surface area contributed by atoms with Crippen LogP contribution in [-0.2, 0) is 17.8 Å². The number of benzene rings is 2. The molecule has 0 bridgehead atoms. The highest BCUT2D eigenvalue weighted by Crippen LogP contribution is 2.26. The maximum atomic E-state index is 13.9. The second-order valence-electron chi connectivity index (χ2n) is 8.79. The van der Waals surface area contributed by atoms with E-state index in [1.165, 1.54) is 11.3 Å². The number of fused-ring (bicyclic) bond motifs is 2. The lowest BCUT2D eigenvalue weighted by molar-refractivity contribution is 0.182. The normalized spacial score (nSPS) is 16.1. The summed E-state index contributed by atoms with van der Waals surface area (Å²) in [6.45, 7) is 4.25. The molecule has 1 aliphatic heterocycles. The van der Waals surface area contributed by atoms with E-state index in [-0.39, 0.29) is 17.0 Å². The molecule has 1 atom stereocenters. The number of ether oxygens (including phenoxy) is 1. The van der Waals surface area contributed by atoms with Gasteiger partial charge in [-0.1, -0.05) is 53.8 Å². The van der Waals surface area contributed by atoms with Gasteiger partial charge in [0, 0.05) is 30.8 Å². The molecule has 0 amide bonds. The number of rotatable bonds is 5. The molecule has 1 aliphatic rings. The second-order valence-corrected chi connectivity index (χ2v) is 9.80. The Morgan fingerprint density at radius 2 is 1.88 bits per heavy atom. The molecule has 0 N–H and O–H groups in total. The van der Waals surface area contributed by atoms with Crippen molar-refractivity contribution in [1.29, 1.82) is 0 Å². The van der Waals surface area contributed by atoms with Crippen LogP contribution in [0.25, 0.3) is 26.3 Å². The van der Waals surface area contributed by atoms with Gasteiger partial charge in [0.15, 0.2) is 0 Å². The van der Waals surface area contributed by atoms with Crippen LogP contribution in [0.3, 0.4) is 0 Å². The van der Waals surface area contributed by atoms with Gasteiger partial charge in [-0.3, -0.25) is 14.3 Å². The zero-order valence-corrected chi connectivity index (χ0v) is 19.6. The minimum Gasteiger partial charge on any atom is -0.381 e. The molecule has 172 valence electrons. The summed E-state index contributed by atoms with van der Waals surface area (Å²) in [6, 6.07) is 19.4. The van der Waals surface area contributed by atoms with E-state index in [0.29, 0.717) is 41.4 Å². The van der Waals surface area contributed by atoms with Crippen molar-refractivity contribution in [2.75, 3.05) is 13.2 Å². The Bertz CT molecular complexity index is 1590. The number of hydrogen-bond donors (Lipinski definition) is 0. The minimum atomic E-state index is -0.154. The predicted molar refractivity (Wildman–Crippen MR) is 134 cm³/mol. The average molecular weight is 473 g/mol. The van der Waals surface area contributed by atoms with Crippen molar-refractivity contribution in [3.05, 3.63) is 92.6 Å². The Morgan fingerprint density at radius 3 is 2.65 bits per heavy atom. The molecule has 1 saturated heterocycles. The van der Waals surface area contributed by atoms with Crippen molar-refractivity contribution < 1.29 is 4.74 Å². The van der Waals surface area contributed by atoms with E-state index in [1.54, 1.807) is 15.3 Å². The fourth-order valence-electron chi connectivity index (χ4n) is 4.81. The van der Waals surface area contributed by atoms with Gasteiger partial charge in [-0.15, -0.1) is 0 Å². The van der Waals surface area contributed by atoms with Gasteiger partial charge in [-0.05, 0) is 31.0 Å². The van der Waals surface area contributed by atoms with E-state index in [1.807, 2.05) is 66.2 Å². The lowest BCUT2D eigenvalue weighted by Gasteiger charge is -2.15. The predicted octanol–water partition coefficient (Wildman–Crippen LogP) is 3.96. The van der Waals surface area contributed by atoms with E-state index >= 15 is 0 Å². The monoisotopic (exact) mass is 472 g/mol. The lowest BCUT2D eigenvalue weighted by atomic mass is 10.1. The molecule has 8 heteroatoms. The van der Waals surface area contributed by atoms with Crippen molar-refractivity contribution in [2.24, 2.45) is 5.92 Å². The Labute approximate surface area is 199 Å². The fourth-order valence-corrected chi connectivity index (χ4v) is 5.78. The molecule has 34 heavy (non-hydrogen) atoms. The molecule has 0 radical (unpaired) electrons. The SMILES string of the molecule is Cc1c2c(=O)n(-c3nc4ccccc4s3)n(Cc3ccccc3)c2cc(=O)n1CC1CCOC1. The number of thiazole rings is 1. The van der Waals surface area contributed by atoms with E-state index in [2.05, 4.69) is 0 Å². The van der Waals surface area contributed by atoms with E-state index in [0.717, 1.165) is 28.8 Å². The molecule has 2 aromatic carbocycles. The first-order valence-corrected chi connectivity index (χ1v) is 12.3. The summed E-state index contributed by atoms with van der Waals surface area (Å²) in [6.07, 6.45) is 0.925. The van der Waals surface area contributed by atoms with Gasteiger partial charge in [0.2, 0.25) is 5.13 Å². The highest BCUT2D eigenvalue weighted by molar-refractivity contribution is 7.20. The maximum Gasteiger partial charge on any atom is 0.283 e. The Kier molecular flexibility index (Phi) is 5.19. The zero-order valence-electron chi connectivity index (χ0n) is 18.8. The number of para-hydroxylation sites is 1. The van der Waals surface area contributed by atoms with Crippen molar-refractivity contribution in [1.82, 2.24) is 18.9 Å². The van der Waals surface area contributed by atoms with E-state index < -0.39 is 0 Å². The first-order valence-electron chi connectivity index (χ1n) is 11.4. The first-order chi connectivity index (χ1) is 16.6. The lowest BCUT2D eigenvalue weighted by Crippen LogP contribution is -2.26. The van der Waals surface area contributed by atoms with E-state index in [4.69, 9.17) is 9.72 Å². The second kappa shape index (κ2) is 8.38. The molecule has 6 rings (SSSR count). The summed E-state index contributed by atoms with van der Waals surface area (Å²) in [5.41, 5.74) is 2.97. The third-order valence-electron chi connectivity index (χ3n) is 6.58.